The lowest BCUT2D eigenvalue weighted by Gasteiger charge is -2.12. The zero-order valence-electron chi connectivity index (χ0n) is 7.14. The number of primary amides is 1. The van der Waals surface area contributed by atoms with Crippen LogP contribution in [0.5, 0.6) is 0 Å². The molecule has 0 spiro atoms. The summed E-state index contributed by atoms with van der Waals surface area (Å²) in [5.74, 6) is 1.07. The van der Waals surface area contributed by atoms with Crippen molar-refractivity contribution in [3.8, 4) is 0 Å². The zero-order valence-corrected chi connectivity index (χ0v) is 7.96. The summed E-state index contributed by atoms with van der Waals surface area (Å²) in [7, 11) is 0. The summed E-state index contributed by atoms with van der Waals surface area (Å²) in [5.41, 5.74) is 10.1. The molecular weight excluding hydrogens is 194 g/mol. The van der Waals surface area contributed by atoms with Crippen LogP contribution in [0.25, 0.3) is 0 Å². The Labute approximate surface area is 80.7 Å². The minimum atomic E-state index is -1.49. The van der Waals surface area contributed by atoms with Crippen molar-refractivity contribution in [3.63, 3.8) is 0 Å². The molecule has 1 atom stereocenters. The molecular formula is C6H15N3O3S. The molecule has 0 aliphatic carbocycles. The molecule has 0 unspecified atom stereocenters. The summed E-state index contributed by atoms with van der Waals surface area (Å²) >= 11 is 1.42. The van der Waals surface area contributed by atoms with Crippen LogP contribution in [0.2, 0.25) is 0 Å². The predicted octanol–water partition coefficient (Wildman–Crippen LogP) is -1.97. The number of thioether (sulfide) groups is 1. The fourth-order valence-corrected chi connectivity index (χ4v) is 1.41. The molecule has 7 heteroatoms. The predicted molar refractivity (Wildman–Crippen MR) is 51.1 cm³/mol. The van der Waals surface area contributed by atoms with E-state index in [1.807, 2.05) is 0 Å². The quantitative estimate of drug-likeness (QED) is 0.256. The van der Waals surface area contributed by atoms with Crippen molar-refractivity contribution in [2.75, 3.05) is 18.1 Å². The topological polar surface area (TPSA) is 122 Å². The van der Waals surface area contributed by atoms with Crippen LogP contribution in [-0.4, -0.2) is 46.6 Å². The van der Waals surface area contributed by atoms with Crippen molar-refractivity contribution in [3.05, 3.63) is 0 Å². The van der Waals surface area contributed by atoms with Crippen LogP contribution < -0.4 is 16.8 Å². The van der Waals surface area contributed by atoms with Gasteiger partial charge in [0.15, 0.2) is 6.29 Å². The number of carbonyl (C=O) groups excluding carboxylic acids is 1. The van der Waals surface area contributed by atoms with E-state index in [-0.39, 0.29) is 0 Å². The van der Waals surface area contributed by atoms with E-state index in [1.54, 1.807) is 0 Å². The van der Waals surface area contributed by atoms with Crippen LogP contribution in [0.1, 0.15) is 0 Å². The highest BCUT2D eigenvalue weighted by molar-refractivity contribution is 7.99. The van der Waals surface area contributed by atoms with E-state index in [0.717, 1.165) is 0 Å². The number of aliphatic hydroxyl groups is 2. The van der Waals surface area contributed by atoms with Crippen molar-refractivity contribution in [1.82, 2.24) is 5.32 Å². The Balaban J connectivity index is 3.21. The second-order valence-electron chi connectivity index (χ2n) is 2.44. The summed E-state index contributed by atoms with van der Waals surface area (Å²) in [6.45, 7) is 0.453. The fraction of sp³-hybridized carbons (Fsp3) is 0.833. The molecule has 7 N–H and O–H groups in total. The average molecular weight is 209 g/mol. The highest BCUT2D eigenvalue weighted by Crippen LogP contribution is 2.01. The summed E-state index contributed by atoms with van der Waals surface area (Å²) < 4.78 is 0. The molecule has 6 nitrogen and oxygen atoms in total. The van der Waals surface area contributed by atoms with Crippen LogP contribution >= 0.6 is 11.8 Å². The van der Waals surface area contributed by atoms with Gasteiger partial charge in [0.05, 0.1) is 6.04 Å². The highest BCUT2D eigenvalue weighted by atomic mass is 32.2. The number of aliphatic hydroxyl groups excluding tert-OH is 1. The smallest absolute Gasteiger partial charge is 0.312 e. The molecule has 0 aliphatic heterocycles. The summed E-state index contributed by atoms with van der Waals surface area (Å²) in [6.07, 6.45) is -1.49. The molecule has 0 aromatic rings. The Morgan fingerprint density at radius 1 is 1.54 bits per heavy atom. The maximum atomic E-state index is 10.2. The van der Waals surface area contributed by atoms with E-state index < -0.39 is 18.4 Å². The standard InChI is InChI=1S/C6H15N3O3S/c7-4(5(10)11)3-13-2-1-9-6(8)12/h4-5,10-11H,1-3,7H2,(H3,8,9,12)/t4-/m0/s1. The molecule has 0 aromatic carbocycles. The number of nitrogens with two attached hydrogens (primary N) is 2. The van der Waals surface area contributed by atoms with Gasteiger partial charge >= 0.3 is 6.03 Å². The van der Waals surface area contributed by atoms with E-state index in [1.165, 1.54) is 11.8 Å². The summed E-state index contributed by atoms with van der Waals surface area (Å²) in [5, 5.41) is 19.6. The normalized spacial score (nSPS) is 12.9. The third-order valence-electron chi connectivity index (χ3n) is 1.24. The molecule has 0 bridgehead atoms. The van der Waals surface area contributed by atoms with Gasteiger partial charge in [0, 0.05) is 18.1 Å². The number of rotatable bonds is 6. The van der Waals surface area contributed by atoms with Gasteiger partial charge in [-0.15, -0.1) is 0 Å². The van der Waals surface area contributed by atoms with Gasteiger partial charge in [-0.1, -0.05) is 0 Å². The Morgan fingerprint density at radius 2 is 2.15 bits per heavy atom. The van der Waals surface area contributed by atoms with Gasteiger partial charge in [-0.2, -0.15) is 11.8 Å². The van der Waals surface area contributed by atoms with Crippen LogP contribution in [-0.2, 0) is 0 Å². The Hall–Kier alpha value is -0.500. The van der Waals surface area contributed by atoms with Gasteiger partial charge in [0.1, 0.15) is 0 Å². The van der Waals surface area contributed by atoms with Gasteiger partial charge < -0.3 is 27.0 Å². The lowest BCUT2D eigenvalue weighted by Crippen LogP contribution is -2.37. The van der Waals surface area contributed by atoms with E-state index in [0.29, 0.717) is 18.1 Å². The fourth-order valence-electron chi connectivity index (χ4n) is 0.552. The first-order chi connectivity index (χ1) is 6.04. The minimum Gasteiger partial charge on any atom is -0.367 e. The largest absolute Gasteiger partial charge is 0.367 e. The Kier molecular flexibility index (Phi) is 6.69. The van der Waals surface area contributed by atoms with Gasteiger partial charge in [0.2, 0.25) is 0 Å². The second kappa shape index (κ2) is 6.96. The van der Waals surface area contributed by atoms with Crippen LogP contribution in [0.15, 0.2) is 0 Å². The molecule has 0 fully saturated rings. The number of hydrogen-bond donors (Lipinski definition) is 5. The number of nitrogens with one attached hydrogen (secondary N) is 1. The molecule has 0 radical (unpaired) electrons. The second-order valence-corrected chi connectivity index (χ2v) is 3.59. The molecule has 0 heterocycles. The molecule has 78 valence electrons. The molecule has 0 saturated carbocycles. The molecule has 0 saturated heterocycles. The highest BCUT2D eigenvalue weighted by Gasteiger charge is 2.09. The number of urea groups is 1. The zero-order chi connectivity index (χ0) is 10.3. The number of carbonyl (C=O) groups is 1. The average Bonchev–Trinajstić information content (AvgIpc) is 2.02. The maximum Gasteiger partial charge on any atom is 0.312 e. The van der Waals surface area contributed by atoms with Gasteiger partial charge in [-0.3, -0.25) is 0 Å². The van der Waals surface area contributed by atoms with Gasteiger partial charge in [-0.25, -0.2) is 4.79 Å². The lowest BCUT2D eigenvalue weighted by atomic mass is 10.4. The molecule has 0 aliphatic rings. The van der Waals surface area contributed by atoms with E-state index in [9.17, 15) is 4.79 Å². The molecule has 0 rings (SSSR count). The van der Waals surface area contributed by atoms with Crippen molar-refractivity contribution in [2.45, 2.75) is 12.3 Å². The molecule has 0 aromatic heterocycles. The third kappa shape index (κ3) is 7.85. The van der Waals surface area contributed by atoms with Gasteiger partial charge in [0.25, 0.3) is 0 Å². The first-order valence-electron chi connectivity index (χ1n) is 3.77. The van der Waals surface area contributed by atoms with Crippen LogP contribution in [0, 0.1) is 0 Å². The van der Waals surface area contributed by atoms with E-state index in [2.05, 4.69) is 5.32 Å². The first kappa shape index (κ1) is 12.5. The van der Waals surface area contributed by atoms with Crippen molar-refractivity contribution in [1.29, 1.82) is 0 Å². The molecule has 2 amide bonds. The third-order valence-corrected chi connectivity index (χ3v) is 2.35. The van der Waals surface area contributed by atoms with Crippen molar-refractivity contribution >= 4 is 17.8 Å². The van der Waals surface area contributed by atoms with Crippen molar-refractivity contribution < 1.29 is 15.0 Å². The van der Waals surface area contributed by atoms with Crippen LogP contribution in [0.4, 0.5) is 4.79 Å². The van der Waals surface area contributed by atoms with E-state index >= 15 is 0 Å². The minimum absolute atomic E-state index is 0.429. The number of hydrogen-bond acceptors (Lipinski definition) is 5. The summed E-state index contributed by atoms with van der Waals surface area (Å²) in [6, 6.07) is -1.22. The molecule has 13 heavy (non-hydrogen) atoms. The monoisotopic (exact) mass is 209 g/mol. The Bertz CT molecular complexity index is 156. The number of amides is 2. The van der Waals surface area contributed by atoms with E-state index in [4.69, 9.17) is 21.7 Å². The lowest BCUT2D eigenvalue weighted by molar-refractivity contribution is -0.0527. The Morgan fingerprint density at radius 3 is 2.62 bits per heavy atom. The first-order valence-corrected chi connectivity index (χ1v) is 4.92. The SMILES string of the molecule is NC(=O)NCCSC[C@H](N)C(O)O. The van der Waals surface area contributed by atoms with Crippen LogP contribution in [0.3, 0.4) is 0 Å². The van der Waals surface area contributed by atoms with Crippen molar-refractivity contribution in [2.24, 2.45) is 11.5 Å². The summed E-state index contributed by atoms with van der Waals surface area (Å²) in [4.78, 5) is 10.2. The maximum absolute atomic E-state index is 10.2. The van der Waals surface area contributed by atoms with Gasteiger partial charge in [-0.05, 0) is 0 Å².